The summed E-state index contributed by atoms with van der Waals surface area (Å²) in [6.07, 6.45) is 0. The lowest BCUT2D eigenvalue weighted by Gasteiger charge is -2.13. The van der Waals surface area contributed by atoms with Crippen molar-refractivity contribution in [1.82, 2.24) is 5.16 Å². The molecule has 0 aliphatic carbocycles. The van der Waals surface area contributed by atoms with Crippen molar-refractivity contribution in [2.45, 2.75) is 18.7 Å². The number of sulfonamides is 1. The Hall–Kier alpha value is -3.33. The molecule has 1 heterocycles. The van der Waals surface area contributed by atoms with Crippen LogP contribution in [0.5, 0.6) is 5.75 Å². The van der Waals surface area contributed by atoms with Crippen LogP contribution in [-0.2, 0) is 14.8 Å². The molecule has 8 nitrogen and oxygen atoms in total. The number of carbonyl (C=O) groups is 1. The Kier molecular flexibility index (Phi) is 5.88. The highest BCUT2D eigenvalue weighted by molar-refractivity contribution is 7.92. The normalized spacial score (nSPS) is 11.1. The molecule has 3 rings (SSSR count). The van der Waals surface area contributed by atoms with Gasteiger partial charge in [-0.2, -0.15) is 0 Å². The summed E-state index contributed by atoms with van der Waals surface area (Å²) in [4.78, 5) is 11.7. The van der Waals surface area contributed by atoms with Gasteiger partial charge in [0.25, 0.3) is 10.0 Å². The third-order valence-electron chi connectivity index (χ3n) is 4.01. The van der Waals surface area contributed by atoms with E-state index in [0.717, 1.165) is 0 Å². The van der Waals surface area contributed by atoms with E-state index in [2.05, 4.69) is 9.88 Å². The van der Waals surface area contributed by atoms with Crippen molar-refractivity contribution < 1.29 is 27.2 Å². The number of nitrogens with one attached hydrogen (secondary N) is 1. The van der Waals surface area contributed by atoms with Gasteiger partial charge in [-0.05, 0) is 56.3 Å². The molecule has 0 amide bonds. The number of hydrogen-bond acceptors (Lipinski definition) is 7. The maximum Gasteiger partial charge on any atom is 0.338 e. The number of aromatic nitrogens is 1. The molecular formula is C20H20N2O6S. The van der Waals surface area contributed by atoms with Crippen LogP contribution in [0.25, 0.3) is 11.3 Å². The standard InChI is InChI=1S/C20H20N2O6S/c1-4-27-20(23)14-5-8-16(9-6-14)22-29(24,25)19-12-15(7-10-17(19)26-3)18-11-13(2)21-28-18/h5-12,22H,4H2,1-3H3. The maximum absolute atomic E-state index is 13.0. The molecule has 0 aliphatic rings. The molecule has 1 aromatic heterocycles. The van der Waals surface area contributed by atoms with E-state index >= 15 is 0 Å². The van der Waals surface area contributed by atoms with Crippen molar-refractivity contribution in [3.63, 3.8) is 0 Å². The number of methoxy groups -OCH3 is 1. The van der Waals surface area contributed by atoms with Gasteiger partial charge in [0.2, 0.25) is 0 Å². The van der Waals surface area contributed by atoms with Crippen molar-refractivity contribution in [3.05, 3.63) is 59.8 Å². The van der Waals surface area contributed by atoms with E-state index in [1.54, 1.807) is 32.0 Å². The van der Waals surface area contributed by atoms with Gasteiger partial charge in [0, 0.05) is 17.3 Å². The zero-order valence-corrected chi connectivity index (χ0v) is 16.9. The van der Waals surface area contributed by atoms with Crippen LogP contribution in [0, 0.1) is 6.92 Å². The fourth-order valence-corrected chi connectivity index (χ4v) is 3.89. The predicted molar refractivity (Wildman–Crippen MR) is 106 cm³/mol. The number of aryl methyl sites for hydroxylation is 1. The molecule has 0 aliphatic heterocycles. The molecule has 0 fully saturated rings. The highest BCUT2D eigenvalue weighted by atomic mass is 32.2. The van der Waals surface area contributed by atoms with Crippen LogP contribution >= 0.6 is 0 Å². The van der Waals surface area contributed by atoms with Crippen LogP contribution in [0.2, 0.25) is 0 Å². The first kappa shape index (κ1) is 20.4. The van der Waals surface area contributed by atoms with E-state index in [0.29, 0.717) is 28.3 Å². The molecular weight excluding hydrogens is 396 g/mol. The molecule has 0 atom stereocenters. The molecule has 3 aromatic rings. The van der Waals surface area contributed by atoms with Gasteiger partial charge >= 0.3 is 5.97 Å². The number of rotatable bonds is 7. The quantitative estimate of drug-likeness (QED) is 0.586. The minimum atomic E-state index is -3.98. The highest BCUT2D eigenvalue weighted by Gasteiger charge is 2.22. The summed E-state index contributed by atoms with van der Waals surface area (Å²) in [7, 11) is -2.59. The molecule has 0 saturated heterocycles. The number of ether oxygens (including phenoxy) is 2. The number of carbonyl (C=O) groups excluding carboxylic acids is 1. The van der Waals surface area contributed by atoms with Gasteiger partial charge in [0.05, 0.1) is 25.0 Å². The van der Waals surface area contributed by atoms with Crippen molar-refractivity contribution in [2.24, 2.45) is 0 Å². The van der Waals surface area contributed by atoms with Crippen LogP contribution in [0.1, 0.15) is 23.0 Å². The minimum Gasteiger partial charge on any atom is -0.495 e. The molecule has 152 valence electrons. The van der Waals surface area contributed by atoms with Gasteiger partial charge < -0.3 is 14.0 Å². The summed E-state index contributed by atoms with van der Waals surface area (Å²) in [5, 5.41) is 3.82. The Morgan fingerprint density at radius 2 is 1.86 bits per heavy atom. The van der Waals surface area contributed by atoms with E-state index in [1.807, 2.05) is 0 Å². The molecule has 0 bridgehead atoms. The van der Waals surface area contributed by atoms with Gasteiger partial charge in [-0.1, -0.05) is 5.16 Å². The smallest absolute Gasteiger partial charge is 0.338 e. The lowest BCUT2D eigenvalue weighted by Crippen LogP contribution is -2.14. The van der Waals surface area contributed by atoms with Crippen molar-refractivity contribution in [1.29, 1.82) is 0 Å². The predicted octanol–water partition coefficient (Wildman–Crippen LogP) is 3.64. The van der Waals surface area contributed by atoms with Crippen LogP contribution in [-0.4, -0.2) is 33.3 Å². The second kappa shape index (κ2) is 8.36. The molecule has 0 spiro atoms. The molecule has 29 heavy (non-hydrogen) atoms. The Labute approximate surface area is 168 Å². The first-order valence-corrected chi connectivity index (χ1v) is 10.2. The first-order chi connectivity index (χ1) is 13.8. The largest absolute Gasteiger partial charge is 0.495 e. The topological polar surface area (TPSA) is 108 Å². The van der Waals surface area contributed by atoms with E-state index < -0.39 is 16.0 Å². The van der Waals surface area contributed by atoms with Crippen LogP contribution in [0.3, 0.4) is 0 Å². The van der Waals surface area contributed by atoms with E-state index in [-0.39, 0.29) is 17.3 Å². The van der Waals surface area contributed by atoms with Gasteiger partial charge in [0.1, 0.15) is 10.6 Å². The van der Waals surface area contributed by atoms with Crippen molar-refractivity contribution in [3.8, 4) is 17.1 Å². The summed E-state index contributed by atoms with van der Waals surface area (Å²) >= 11 is 0. The number of hydrogen-bond donors (Lipinski definition) is 1. The summed E-state index contributed by atoms with van der Waals surface area (Å²) in [6, 6.07) is 12.3. The van der Waals surface area contributed by atoms with Gasteiger partial charge in [-0.25, -0.2) is 13.2 Å². The monoisotopic (exact) mass is 416 g/mol. The average Bonchev–Trinajstić information content (AvgIpc) is 3.14. The van der Waals surface area contributed by atoms with Gasteiger partial charge in [0.15, 0.2) is 5.76 Å². The van der Waals surface area contributed by atoms with E-state index in [1.165, 1.54) is 37.4 Å². The Morgan fingerprint density at radius 3 is 2.45 bits per heavy atom. The fourth-order valence-electron chi connectivity index (χ4n) is 2.64. The van der Waals surface area contributed by atoms with Crippen LogP contribution in [0.4, 0.5) is 5.69 Å². The van der Waals surface area contributed by atoms with E-state index in [9.17, 15) is 13.2 Å². The third-order valence-corrected chi connectivity index (χ3v) is 5.42. The Morgan fingerprint density at radius 1 is 1.14 bits per heavy atom. The SMILES string of the molecule is CCOC(=O)c1ccc(NS(=O)(=O)c2cc(-c3cc(C)no3)ccc2OC)cc1. The average molecular weight is 416 g/mol. The summed E-state index contributed by atoms with van der Waals surface area (Å²) < 4.78 is 43.8. The zero-order chi connectivity index (χ0) is 21.0. The number of benzene rings is 2. The van der Waals surface area contributed by atoms with Crippen molar-refractivity contribution in [2.75, 3.05) is 18.4 Å². The summed E-state index contributed by atoms with van der Waals surface area (Å²) in [5.74, 6) is 0.152. The first-order valence-electron chi connectivity index (χ1n) is 8.76. The fraction of sp³-hybridized carbons (Fsp3) is 0.200. The third kappa shape index (κ3) is 4.57. The minimum absolute atomic E-state index is 0.0546. The van der Waals surface area contributed by atoms with Crippen LogP contribution < -0.4 is 9.46 Å². The molecule has 1 N–H and O–H groups in total. The Balaban J connectivity index is 1.91. The molecule has 2 aromatic carbocycles. The molecule has 0 radical (unpaired) electrons. The lowest BCUT2D eigenvalue weighted by molar-refractivity contribution is 0.0526. The Bertz CT molecular complexity index is 1120. The van der Waals surface area contributed by atoms with E-state index in [4.69, 9.17) is 14.0 Å². The molecule has 0 unspecified atom stereocenters. The molecule has 0 saturated carbocycles. The van der Waals surface area contributed by atoms with Gasteiger partial charge in [-0.3, -0.25) is 4.72 Å². The molecule has 9 heteroatoms. The highest BCUT2D eigenvalue weighted by Crippen LogP contribution is 2.31. The number of nitrogens with zero attached hydrogens (tertiary/aromatic N) is 1. The number of anilines is 1. The maximum atomic E-state index is 13.0. The second-order valence-corrected chi connectivity index (χ2v) is 7.75. The number of esters is 1. The van der Waals surface area contributed by atoms with Crippen molar-refractivity contribution >= 4 is 21.7 Å². The van der Waals surface area contributed by atoms with Crippen LogP contribution in [0.15, 0.2) is 57.9 Å². The summed E-state index contributed by atoms with van der Waals surface area (Å²) in [6.45, 7) is 3.74. The second-order valence-electron chi connectivity index (χ2n) is 6.10. The lowest BCUT2D eigenvalue weighted by atomic mass is 10.1. The summed E-state index contributed by atoms with van der Waals surface area (Å²) in [5.41, 5.74) is 1.85. The van der Waals surface area contributed by atoms with Gasteiger partial charge in [-0.15, -0.1) is 0 Å². The zero-order valence-electron chi connectivity index (χ0n) is 16.1.